The van der Waals surface area contributed by atoms with Crippen LogP contribution in [-0.4, -0.2) is 19.6 Å². The van der Waals surface area contributed by atoms with Crippen LogP contribution in [0.4, 0.5) is 0 Å². The maximum atomic E-state index is 12.3. The van der Waals surface area contributed by atoms with Gasteiger partial charge >= 0.3 is 140 Å². The van der Waals surface area contributed by atoms with Crippen molar-refractivity contribution in [1.82, 2.24) is 0 Å². The molecule has 106 valence electrons. The van der Waals surface area contributed by atoms with Crippen molar-refractivity contribution in [3.63, 3.8) is 0 Å². The SMILES string of the molecule is O=C([Se]c1sccc1C#Cc1ccccc1)c1ccccc1. The zero-order valence-electron chi connectivity index (χ0n) is 11.7. The van der Waals surface area contributed by atoms with Crippen molar-refractivity contribution in [3.05, 3.63) is 88.8 Å². The van der Waals surface area contributed by atoms with Crippen LogP contribution in [0.5, 0.6) is 0 Å². The van der Waals surface area contributed by atoms with Gasteiger partial charge in [-0.3, -0.25) is 0 Å². The topological polar surface area (TPSA) is 17.1 Å². The quantitative estimate of drug-likeness (QED) is 0.513. The molecule has 3 aromatic rings. The van der Waals surface area contributed by atoms with Crippen molar-refractivity contribution in [2.45, 2.75) is 0 Å². The standard InChI is InChI=1S/C19H12OSSe/c20-18(16-9-5-2-6-10-16)22-19-17(13-14-21-19)12-11-15-7-3-1-4-8-15/h1-10,13-14H. The number of carbonyl (C=O) groups excluding carboxylic acids is 1. The van der Waals surface area contributed by atoms with Crippen LogP contribution in [0.15, 0.2) is 72.1 Å². The Morgan fingerprint density at radius 2 is 1.55 bits per heavy atom. The molecule has 0 spiro atoms. The Labute approximate surface area is 140 Å². The molecular formula is C19H12OSSe. The van der Waals surface area contributed by atoms with Gasteiger partial charge in [-0.2, -0.15) is 0 Å². The van der Waals surface area contributed by atoms with E-state index in [2.05, 4.69) is 11.8 Å². The van der Waals surface area contributed by atoms with Crippen LogP contribution in [0.3, 0.4) is 0 Å². The summed E-state index contributed by atoms with van der Waals surface area (Å²) in [5.74, 6) is 6.35. The Hall–Kier alpha value is -2.11. The van der Waals surface area contributed by atoms with Gasteiger partial charge in [0.1, 0.15) is 0 Å². The fourth-order valence-corrected chi connectivity index (χ4v) is 4.88. The molecule has 2 aromatic carbocycles. The third-order valence-electron chi connectivity index (χ3n) is 2.94. The number of thiophene rings is 1. The molecule has 0 amide bonds. The van der Waals surface area contributed by atoms with Gasteiger partial charge in [0.05, 0.1) is 0 Å². The Kier molecular flexibility index (Phi) is 4.88. The van der Waals surface area contributed by atoms with Gasteiger partial charge in [-0.05, 0) is 0 Å². The van der Waals surface area contributed by atoms with E-state index in [-0.39, 0.29) is 19.6 Å². The molecule has 0 aliphatic heterocycles. The molecule has 0 N–H and O–H groups in total. The predicted molar refractivity (Wildman–Crippen MR) is 92.9 cm³/mol. The molecule has 0 saturated carbocycles. The van der Waals surface area contributed by atoms with Gasteiger partial charge in [0.25, 0.3) is 0 Å². The first-order valence-corrected chi connectivity index (χ1v) is 9.34. The summed E-state index contributed by atoms with van der Waals surface area (Å²) < 4.78 is 1.28. The average molecular weight is 367 g/mol. The van der Waals surface area contributed by atoms with Gasteiger partial charge in [-0.1, -0.05) is 0 Å². The first kappa shape index (κ1) is 14.8. The third kappa shape index (κ3) is 3.75. The first-order valence-electron chi connectivity index (χ1n) is 6.75. The van der Waals surface area contributed by atoms with Crippen molar-refractivity contribution >= 4 is 34.8 Å². The summed E-state index contributed by atoms with van der Waals surface area (Å²) in [6.07, 6.45) is 0. The van der Waals surface area contributed by atoms with Crippen LogP contribution in [-0.2, 0) is 0 Å². The Balaban J connectivity index is 1.79. The van der Waals surface area contributed by atoms with E-state index < -0.39 is 0 Å². The summed E-state index contributed by atoms with van der Waals surface area (Å²) >= 11 is 1.39. The van der Waals surface area contributed by atoms with Gasteiger partial charge in [-0.25, -0.2) is 0 Å². The average Bonchev–Trinajstić information content (AvgIpc) is 3.02. The number of benzene rings is 2. The molecule has 0 bridgehead atoms. The molecule has 0 fully saturated rings. The normalized spacial score (nSPS) is 9.82. The van der Waals surface area contributed by atoms with Gasteiger partial charge in [0.15, 0.2) is 0 Å². The minimum absolute atomic E-state index is 0.193. The van der Waals surface area contributed by atoms with Crippen LogP contribution in [0, 0.1) is 11.8 Å². The molecule has 0 saturated heterocycles. The van der Waals surface area contributed by atoms with Gasteiger partial charge < -0.3 is 0 Å². The molecule has 22 heavy (non-hydrogen) atoms. The predicted octanol–water partition coefficient (Wildman–Crippen LogP) is 3.32. The Morgan fingerprint density at radius 3 is 2.27 bits per heavy atom. The van der Waals surface area contributed by atoms with Crippen LogP contribution >= 0.6 is 11.3 Å². The summed E-state index contributed by atoms with van der Waals surface area (Å²) in [6.45, 7) is 0. The molecule has 0 atom stereocenters. The van der Waals surface area contributed by atoms with E-state index in [1.165, 1.54) is 0 Å². The number of rotatable bonds is 3. The Bertz CT molecular complexity index is 826. The molecule has 3 rings (SSSR count). The Morgan fingerprint density at radius 1 is 0.864 bits per heavy atom. The monoisotopic (exact) mass is 368 g/mol. The van der Waals surface area contributed by atoms with Crippen molar-refractivity contribution in [2.24, 2.45) is 0 Å². The summed E-state index contributed by atoms with van der Waals surface area (Å²) in [5.41, 5.74) is 2.73. The molecule has 0 aliphatic carbocycles. The van der Waals surface area contributed by atoms with E-state index in [0.29, 0.717) is 0 Å². The minimum atomic E-state index is -0.226. The van der Waals surface area contributed by atoms with Crippen molar-refractivity contribution in [1.29, 1.82) is 0 Å². The van der Waals surface area contributed by atoms with Gasteiger partial charge in [-0.15, -0.1) is 0 Å². The van der Waals surface area contributed by atoms with Crippen LogP contribution in [0.2, 0.25) is 0 Å². The second kappa shape index (κ2) is 7.24. The van der Waals surface area contributed by atoms with Crippen molar-refractivity contribution in [3.8, 4) is 11.8 Å². The van der Waals surface area contributed by atoms with Crippen LogP contribution in [0.1, 0.15) is 21.5 Å². The molecule has 3 heteroatoms. The zero-order valence-corrected chi connectivity index (χ0v) is 14.2. The maximum absolute atomic E-state index is 12.3. The molecule has 0 aliphatic rings. The first-order chi connectivity index (χ1) is 10.8. The van der Waals surface area contributed by atoms with Crippen LogP contribution in [0.25, 0.3) is 0 Å². The molecule has 1 heterocycles. The summed E-state index contributed by atoms with van der Waals surface area (Å²) in [6, 6.07) is 21.3. The third-order valence-corrected chi connectivity index (χ3v) is 6.42. The van der Waals surface area contributed by atoms with E-state index in [0.717, 1.165) is 20.5 Å². The molecule has 1 aromatic heterocycles. The summed E-state index contributed by atoms with van der Waals surface area (Å²) in [7, 11) is 0. The molecule has 1 nitrogen and oxygen atoms in total. The fraction of sp³-hybridized carbons (Fsp3) is 0. The fourth-order valence-electron chi connectivity index (χ4n) is 1.85. The van der Waals surface area contributed by atoms with Crippen molar-refractivity contribution < 1.29 is 4.79 Å². The number of hydrogen-bond donors (Lipinski definition) is 0. The second-order valence-corrected chi connectivity index (χ2v) is 8.06. The van der Waals surface area contributed by atoms with Crippen molar-refractivity contribution in [2.75, 3.05) is 0 Å². The van der Waals surface area contributed by atoms with Crippen LogP contribution < -0.4 is 3.78 Å². The van der Waals surface area contributed by atoms with E-state index in [4.69, 9.17) is 0 Å². The van der Waals surface area contributed by atoms with E-state index in [9.17, 15) is 4.79 Å². The molecule has 0 unspecified atom stereocenters. The summed E-state index contributed by atoms with van der Waals surface area (Å²) in [5, 5.41) is 2.00. The van der Waals surface area contributed by atoms with Gasteiger partial charge in [0.2, 0.25) is 0 Å². The van der Waals surface area contributed by atoms with E-state index in [1.807, 2.05) is 72.1 Å². The summed E-state index contributed by atoms with van der Waals surface area (Å²) in [4.78, 5) is 12.3. The van der Waals surface area contributed by atoms with E-state index >= 15 is 0 Å². The number of carbonyl (C=O) groups is 1. The number of hydrogen-bond acceptors (Lipinski definition) is 2. The zero-order chi connectivity index (χ0) is 15.2. The van der Waals surface area contributed by atoms with Gasteiger partial charge in [0, 0.05) is 0 Å². The molecular weight excluding hydrogens is 355 g/mol. The second-order valence-electron chi connectivity index (χ2n) is 4.49. The molecule has 0 radical (unpaired) electrons. The van der Waals surface area contributed by atoms with E-state index in [1.54, 1.807) is 11.3 Å².